The van der Waals surface area contributed by atoms with Crippen molar-refractivity contribution in [3.8, 4) is 5.75 Å². The van der Waals surface area contributed by atoms with E-state index in [0.29, 0.717) is 44.0 Å². The van der Waals surface area contributed by atoms with Crippen LogP contribution in [0.1, 0.15) is 30.3 Å². The number of ether oxygens (including phenoxy) is 2. The number of aryl methyl sites for hydroxylation is 1. The Labute approximate surface area is 106 Å². The minimum absolute atomic E-state index is 0.109. The molecule has 18 heavy (non-hydrogen) atoms. The molecule has 2 rings (SSSR count). The molecule has 0 spiro atoms. The molecule has 2 N–H and O–H groups in total. The molecule has 1 fully saturated rings. The molecule has 0 amide bonds. The first-order valence-electron chi connectivity index (χ1n) is 6.13. The molecule has 0 radical (unpaired) electrons. The quantitative estimate of drug-likeness (QED) is 0.795. The molecule has 1 aliphatic rings. The molecule has 6 heteroatoms. The minimum Gasteiger partial charge on any atom is -0.493 e. The first kappa shape index (κ1) is 13.0. The second kappa shape index (κ2) is 5.07. The lowest BCUT2D eigenvalue weighted by molar-refractivity contribution is 0.0439. The summed E-state index contributed by atoms with van der Waals surface area (Å²) >= 11 is 0. The summed E-state index contributed by atoms with van der Waals surface area (Å²) < 4.78 is 12.1. The minimum atomic E-state index is -0.863. The highest BCUT2D eigenvalue weighted by Crippen LogP contribution is 2.27. The third-order valence-corrected chi connectivity index (χ3v) is 3.38. The summed E-state index contributed by atoms with van der Waals surface area (Å²) in [6.45, 7) is 3.57. The van der Waals surface area contributed by atoms with Crippen LogP contribution in [0, 0.1) is 0 Å². The van der Waals surface area contributed by atoms with Crippen LogP contribution in [-0.2, 0) is 11.3 Å². The number of hydrogen-bond acceptors (Lipinski definition) is 5. The lowest BCUT2D eigenvalue weighted by Gasteiger charge is -2.31. The van der Waals surface area contributed by atoms with Crippen LogP contribution in [0.5, 0.6) is 5.75 Å². The van der Waals surface area contributed by atoms with E-state index in [0.717, 1.165) is 0 Å². The highest BCUT2D eigenvalue weighted by Gasteiger charge is 2.39. The van der Waals surface area contributed by atoms with Gasteiger partial charge in [-0.1, -0.05) is 0 Å². The van der Waals surface area contributed by atoms with Gasteiger partial charge in [0, 0.05) is 19.8 Å². The fourth-order valence-corrected chi connectivity index (χ4v) is 2.18. The van der Waals surface area contributed by atoms with Crippen LogP contribution in [0.2, 0.25) is 0 Å². The number of rotatable bonds is 4. The van der Waals surface area contributed by atoms with E-state index < -0.39 is 5.54 Å². The second-order valence-electron chi connectivity index (χ2n) is 4.47. The fourth-order valence-electron chi connectivity index (χ4n) is 2.18. The van der Waals surface area contributed by atoms with E-state index in [1.807, 2.05) is 6.92 Å². The van der Waals surface area contributed by atoms with Crippen molar-refractivity contribution in [2.24, 2.45) is 5.73 Å². The van der Waals surface area contributed by atoms with E-state index in [1.165, 1.54) is 7.11 Å². The summed E-state index contributed by atoms with van der Waals surface area (Å²) in [7, 11) is 1.53. The zero-order valence-corrected chi connectivity index (χ0v) is 10.8. The molecule has 0 aliphatic carbocycles. The van der Waals surface area contributed by atoms with Crippen molar-refractivity contribution < 1.29 is 14.3 Å². The Hall–Kier alpha value is -1.40. The Morgan fingerprint density at radius 2 is 2.28 bits per heavy atom. The lowest BCUT2D eigenvalue weighted by Crippen LogP contribution is -2.52. The maximum Gasteiger partial charge on any atom is 0.204 e. The number of methoxy groups -OCH3 is 1. The maximum absolute atomic E-state index is 12.6. The molecular weight excluding hydrogens is 234 g/mol. The first-order valence-corrected chi connectivity index (χ1v) is 6.13. The number of hydrogen-bond donors (Lipinski definition) is 1. The van der Waals surface area contributed by atoms with Gasteiger partial charge < -0.3 is 15.2 Å². The smallest absolute Gasteiger partial charge is 0.204 e. The maximum atomic E-state index is 12.6. The molecule has 100 valence electrons. The van der Waals surface area contributed by atoms with E-state index in [2.05, 4.69) is 5.10 Å². The highest BCUT2D eigenvalue weighted by atomic mass is 16.5. The molecule has 0 unspecified atom stereocenters. The molecule has 6 nitrogen and oxygen atoms in total. The number of carbonyl (C=O) groups excluding carboxylic acids is 1. The average molecular weight is 253 g/mol. The van der Waals surface area contributed by atoms with E-state index in [4.69, 9.17) is 15.2 Å². The molecule has 1 aromatic rings. The van der Waals surface area contributed by atoms with Gasteiger partial charge in [-0.3, -0.25) is 9.48 Å². The van der Waals surface area contributed by atoms with Gasteiger partial charge in [0.2, 0.25) is 5.78 Å². The standard InChI is InChI=1S/C12H19N3O3/c1-3-15-10(9(17-2)8-14-15)11(16)12(13)4-6-18-7-5-12/h8H,3-7,13H2,1-2H3. The zero-order valence-electron chi connectivity index (χ0n) is 10.8. The molecule has 0 atom stereocenters. The van der Waals surface area contributed by atoms with Gasteiger partial charge in [0.15, 0.2) is 5.75 Å². The van der Waals surface area contributed by atoms with Crippen molar-refractivity contribution in [3.63, 3.8) is 0 Å². The first-order chi connectivity index (χ1) is 8.62. The van der Waals surface area contributed by atoms with Crippen molar-refractivity contribution in [2.45, 2.75) is 31.8 Å². The highest BCUT2D eigenvalue weighted by molar-refractivity contribution is 6.03. The number of aromatic nitrogens is 2. The number of nitrogens with two attached hydrogens (primary N) is 1. The molecule has 1 aromatic heterocycles. The van der Waals surface area contributed by atoms with Gasteiger partial charge in [0.25, 0.3) is 0 Å². The van der Waals surface area contributed by atoms with Gasteiger partial charge in [0.1, 0.15) is 5.69 Å². The third kappa shape index (κ3) is 2.13. The lowest BCUT2D eigenvalue weighted by atomic mass is 9.85. The molecule has 0 saturated carbocycles. The summed E-state index contributed by atoms with van der Waals surface area (Å²) in [4.78, 5) is 12.6. The molecule has 2 heterocycles. The SMILES string of the molecule is CCn1ncc(OC)c1C(=O)C1(N)CCOCC1. The zero-order chi connectivity index (χ0) is 13.2. The predicted octanol–water partition coefficient (Wildman–Crippen LogP) is 0.602. The van der Waals surface area contributed by atoms with Crippen molar-refractivity contribution in [1.82, 2.24) is 9.78 Å². The van der Waals surface area contributed by atoms with E-state index in [-0.39, 0.29) is 5.78 Å². The van der Waals surface area contributed by atoms with Crippen molar-refractivity contribution in [3.05, 3.63) is 11.9 Å². The van der Waals surface area contributed by atoms with Gasteiger partial charge >= 0.3 is 0 Å². The number of Topliss-reactive ketones (excluding diaryl/α,β-unsaturated/α-hetero) is 1. The molecule has 0 bridgehead atoms. The Morgan fingerprint density at radius 3 is 2.83 bits per heavy atom. The van der Waals surface area contributed by atoms with E-state index in [1.54, 1.807) is 10.9 Å². The summed E-state index contributed by atoms with van der Waals surface area (Å²) in [5.41, 5.74) is 5.81. The number of ketones is 1. The molecule has 1 saturated heterocycles. The van der Waals surface area contributed by atoms with E-state index in [9.17, 15) is 4.79 Å². The van der Waals surface area contributed by atoms with Crippen LogP contribution < -0.4 is 10.5 Å². The third-order valence-electron chi connectivity index (χ3n) is 3.38. The van der Waals surface area contributed by atoms with Gasteiger partial charge in [0.05, 0.1) is 18.8 Å². The van der Waals surface area contributed by atoms with Crippen LogP contribution >= 0.6 is 0 Å². The Balaban J connectivity index is 2.35. The topological polar surface area (TPSA) is 79.4 Å². The van der Waals surface area contributed by atoms with Crippen LogP contribution in [0.25, 0.3) is 0 Å². The summed E-state index contributed by atoms with van der Waals surface area (Å²) in [5, 5.41) is 4.14. The van der Waals surface area contributed by atoms with Crippen LogP contribution in [-0.4, -0.2) is 41.4 Å². The fraction of sp³-hybridized carbons (Fsp3) is 0.667. The van der Waals surface area contributed by atoms with Gasteiger partial charge in [-0.05, 0) is 19.8 Å². The average Bonchev–Trinajstić information content (AvgIpc) is 2.81. The van der Waals surface area contributed by atoms with Crippen molar-refractivity contribution >= 4 is 5.78 Å². The Morgan fingerprint density at radius 1 is 1.61 bits per heavy atom. The van der Waals surface area contributed by atoms with E-state index >= 15 is 0 Å². The molecular formula is C12H19N3O3. The second-order valence-corrected chi connectivity index (χ2v) is 4.47. The van der Waals surface area contributed by atoms with Crippen LogP contribution in [0.15, 0.2) is 6.20 Å². The summed E-state index contributed by atoms with van der Waals surface area (Å²) in [5.74, 6) is 0.375. The molecule has 1 aliphatic heterocycles. The monoisotopic (exact) mass is 253 g/mol. The van der Waals surface area contributed by atoms with Gasteiger partial charge in [-0.25, -0.2) is 0 Å². The van der Waals surface area contributed by atoms with Gasteiger partial charge in [-0.15, -0.1) is 0 Å². The van der Waals surface area contributed by atoms with Gasteiger partial charge in [-0.2, -0.15) is 5.10 Å². The van der Waals surface area contributed by atoms with Crippen molar-refractivity contribution in [2.75, 3.05) is 20.3 Å². The Kier molecular flexibility index (Phi) is 3.68. The normalized spacial score (nSPS) is 18.6. The van der Waals surface area contributed by atoms with Crippen molar-refractivity contribution in [1.29, 1.82) is 0 Å². The number of carbonyl (C=O) groups is 1. The largest absolute Gasteiger partial charge is 0.493 e. The van der Waals surface area contributed by atoms with Crippen LogP contribution in [0.4, 0.5) is 0 Å². The summed E-state index contributed by atoms with van der Waals surface area (Å²) in [6.07, 6.45) is 2.62. The van der Waals surface area contributed by atoms with Crippen LogP contribution in [0.3, 0.4) is 0 Å². The summed E-state index contributed by atoms with van der Waals surface area (Å²) in [6, 6.07) is 0. The predicted molar refractivity (Wildman–Crippen MR) is 65.8 cm³/mol. The molecule has 0 aromatic carbocycles. The number of nitrogens with zero attached hydrogens (tertiary/aromatic N) is 2. The Bertz CT molecular complexity index is 414.